The Kier molecular flexibility index (Phi) is 3.71. The van der Waals surface area contributed by atoms with Crippen LogP contribution in [0.25, 0.3) is 0 Å². The van der Waals surface area contributed by atoms with E-state index in [-0.39, 0.29) is 0 Å². The van der Waals surface area contributed by atoms with Gasteiger partial charge in [0.15, 0.2) is 0 Å². The predicted molar refractivity (Wildman–Crippen MR) is 72.0 cm³/mol. The van der Waals surface area contributed by atoms with E-state index in [1.165, 1.54) is 38.5 Å². The first-order chi connectivity index (χ1) is 7.44. The summed E-state index contributed by atoms with van der Waals surface area (Å²) >= 11 is 3.84. The Balaban J connectivity index is 1.79. The first-order valence-corrected chi connectivity index (χ1v) is 7.61. The van der Waals surface area contributed by atoms with Gasteiger partial charge < -0.3 is 4.74 Å². The number of hydrogen-bond donors (Lipinski definition) is 0. The molecule has 0 heterocycles. The van der Waals surface area contributed by atoms with Crippen molar-refractivity contribution in [3.63, 3.8) is 0 Å². The maximum atomic E-state index is 6.13. The second-order valence-corrected chi connectivity index (χ2v) is 7.92. The molecule has 2 aliphatic carbocycles. The van der Waals surface area contributed by atoms with Crippen molar-refractivity contribution >= 4 is 15.9 Å². The van der Waals surface area contributed by atoms with Crippen LogP contribution in [0.3, 0.4) is 0 Å². The van der Waals surface area contributed by atoms with Gasteiger partial charge in [0.05, 0.1) is 6.10 Å². The molecule has 2 rings (SSSR count). The molecular weight excluding hydrogens is 264 g/mol. The van der Waals surface area contributed by atoms with E-state index in [0.29, 0.717) is 16.9 Å². The Morgan fingerprint density at radius 1 is 1.25 bits per heavy atom. The summed E-state index contributed by atoms with van der Waals surface area (Å²) in [7, 11) is 0. The number of rotatable bonds is 3. The van der Waals surface area contributed by atoms with E-state index in [9.17, 15) is 0 Å². The Bertz CT molecular complexity index is 238. The molecule has 0 bridgehead atoms. The maximum Gasteiger partial charge on any atom is 0.0652 e. The van der Waals surface area contributed by atoms with Crippen molar-refractivity contribution in [2.24, 2.45) is 10.8 Å². The van der Waals surface area contributed by atoms with Crippen molar-refractivity contribution < 1.29 is 4.74 Å². The lowest BCUT2D eigenvalue weighted by Crippen LogP contribution is -2.54. The number of halogens is 1. The minimum atomic E-state index is 0.403. The van der Waals surface area contributed by atoms with E-state index in [0.717, 1.165) is 11.4 Å². The van der Waals surface area contributed by atoms with Gasteiger partial charge in [-0.2, -0.15) is 0 Å². The lowest BCUT2D eigenvalue weighted by molar-refractivity contribution is -0.105. The molecule has 16 heavy (non-hydrogen) atoms. The average molecular weight is 289 g/mol. The van der Waals surface area contributed by atoms with Gasteiger partial charge in [0.2, 0.25) is 0 Å². The fraction of sp³-hybridized carbons (Fsp3) is 1.00. The summed E-state index contributed by atoms with van der Waals surface area (Å²) in [5, 5.41) is 0. The van der Waals surface area contributed by atoms with Crippen molar-refractivity contribution in [1.29, 1.82) is 0 Å². The normalized spacial score (nSPS) is 33.0. The van der Waals surface area contributed by atoms with Crippen LogP contribution in [-0.2, 0) is 4.74 Å². The third-order valence-corrected chi connectivity index (χ3v) is 5.68. The average Bonchev–Trinajstić information content (AvgIpc) is 2.66. The topological polar surface area (TPSA) is 9.23 Å². The van der Waals surface area contributed by atoms with Gasteiger partial charge in [-0.1, -0.05) is 49.5 Å². The van der Waals surface area contributed by atoms with E-state index < -0.39 is 0 Å². The van der Waals surface area contributed by atoms with Crippen molar-refractivity contribution in [3.8, 4) is 0 Å². The molecule has 2 saturated carbocycles. The molecule has 0 N–H and O–H groups in total. The van der Waals surface area contributed by atoms with Crippen LogP contribution in [0, 0.1) is 10.8 Å². The molecule has 2 atom stereocenters. The molecule has 0 aromatic carbocycles. The Hall–Kier alpha value is 0.440. The van der Waals surface area contributed by atoms with Crippen LogP contribution in [0.1, 0.15) is 59.3 Å². The molecule has 0 aromatic rings. The monoisotopic (exact) mass is 288 g/mol. The lowest BCUT2D eigenvalue weighted by atomic mass is 9.64. The van der Waals surface area contributed by atoms with Crippen LogP contribution >= 0.6 is 15.9 Å². The summed E-state index contributed by atoms with van der Waals surface area (Å²) in [6.45, 7) is 7.80. The highest BCUT2D eigenvalue weighted by molar-refractivity contribution is 9.09. The van der Waals surface area contributed by atoms with Crippen molar-refractivity contribution in [2.75, 3.05) is 6.61 Å². The van der Waals surface area contributed by atoms with Gasteiger partial charge in [-0.25, -0.2) is 0 Å². The second-order valence-electron chi connectivity index (χ2n) is 6.81. The minimum absolute atomic E-state index is 0.403. The maximum absolute atomic E-state index is 6.13. The zero-order chi connectivity index (χ0) is 11.8. The Morgan fingerprint density at radius 3 is 2.38 bits per heavy atom. The third kappa shape index (κ3) is 2.48. The summed E-state index contributed by atoms with van der Waals surface area (Å²) < 4.78 is 6.13. The molecule has 0 aromatic heterocycles. The van der Waals surface area contributed by atoms with Crippen molar-refractivity contribution in [2.45, 2.75) is 70.2 Å². The summed E-state index contributed by atoms with van der Waals surface area (Å²) in [6.07, 6.45) is 8.51. The molecule has 2 fully saturated rings. The number of hydrogen-bond acceptors (Lipinski definition) is 1. The second kappa shape index (κ2) is 4.61. The molecule has 2 heteroatoms. The van der Waals surface area contributed by atoms with Gasteiger partial charge in [0, 0.05) is 16.8 Å². The molecule has 0 radical (unpaired) electrons. The fourth-order valence-electron chi connectivity index (χ4n) is 3.11. The van der Waals surface area contributed by atoms with E-state index in [1.54, 1.807) is 0 Å². The first-order valence-electron chi connectivity index (χ1n) is 6.70. The first kappa shape index (κ1) is 12.9. The largest absolute Gasteiger partial charge is 0.378 e. The van der Waals surface area contributed by atoms with Gasteiger partial charge in [0.25, 0.3) is 0 Å². The molecular formula is C14H25BrO. The van der Waals surface area contributed by atoms with Crippen LogP contribution in [0.4, 0.5) is 0 Å². The van der Waals surface area contributed by atoms with Gasteiger partial charge in [-0.15, -0.1) is 0 Å². The highest BCUT2D eigenvalue weighted by Gasteiger charge is 2.55. The van der Waals surface area contributed by atoms with Crippen LogP contribution in [0.5, 0.6) is 0 Å². The quantitative estimate of drug-likeness (QED) is 0.693. The molecule has 0 amide bonds. The summed E-state index contributed by atoms with van der Waals surface area (Å²) in [5.41, 5.74) is 0.915. The molecule has 2 unspecified atom stereocenters. The van der Waals surface area contributed by atoms with Crippen LogP contribution in [0.15, 0.2) is 0 Å². The highest BCUT2D eigenvalue weighted by atomic mass is 79.9. The van der Waals surface area contributed by atoms with Gasteiger partial charge in [-0.05, 0) is 31.1 Å². The lowest BCUT2D eigenvalue weighted by Gasteiger charge is -2.51. The molecule has 2 aliphatic rings. The number of alkyl halides is 1. The van der Waals surface area contributed by atoms with Gasteiger partial charge >= 0.3 is 0 Å². The van der Waals surface area contributed by atoms with Gasteiger partial charge in [0.1, 0.15) is 0 Å². The summed E-state index contributed by atoms with van der Waals surface area (Å²) in [5.74, 6) is 0. The fourth-order valence-corrected chi connectivity index (χ4v) is 4.20. The van der Waals surface area contributed by atoms with Crippen LogP contribution in [-0.4, -0.2) is 17.5 Å². The highest BCUT2D eigenvalue weighted by Crippen LogP contribution is 2.57. The molecule has 0 saturated heterocycles. The molecule has 1 nitrogen and oxygen atoms in total. The molecule has 0 aliphatic heterocycles. The summed E-state index contributed by atoms with van der Waals surface area (Å²) in [6, 6.07) is 0. The zero-order valence-corrected chi connectivity index (χ0v) is 12.5. The molecule has 94 valence electrons. The van der Waals surface area contributed by atoms with Gasteiger partial charge in [-0.3, -0.25) is 0 Å². The van der Waals surface area contributed by atoms with E-state index in [2.05, 4.69) is 36.7 Å². The van der Waals surface area contributed by atoms with Crippen LogP contribution in [0.2, 0.25) is 0 Å². The Morgan fingerprint density at radius 2 is 1.88 bits per heavy atom. The number of ether oxygens (including phenoxy) is 1. The summed E-state index contributed by atoms with van der Waals surface area (Å²) in [4.78, 5) is 0.724. The Labute approximate surface area is 108 Å². The van der Waals surface area contributed by atoms with E-state index in [4.69, 9.17) is 4.74 Å². The van der Waals surface area contributed by atoms with Crippen LogP contribution < -0.4 is 0 Å². The SMILES string of the molecule is CC(C)(C)CCOC1CC(Br)C12CCCC2. The standard InChI is InChI=1S/C14H25BrO/c1-13(2,3)8-9-16-12-10-11(15)14(12)6-4-5-7-14/h11-12H,4-10H2,1-3H3. The van der Waals surface area contributed by atoms with E-state index in [1.807, 2.05) is 0 Å². The predicted octanol–water partition coefficient (Wildman–Crippen LogP) is 4.54. The van der Waals surface area contributed by atoms with Crippen molar-refractivity contribution in [3.05, 3.63) is 0 Å². The minimum Gasteiger partial charge on any atom is -0.378 e. The molecule has 1 spiro atoms. The van der Waals surface area contributed by atoms with E-state index >= 15 is 0 Å². The zero-order valence-electron chi connectivity index (χ0n) is 10.9. The van der Waals surface area contributed by atoms with Crippen molar-refractivity contribution in [1.82, 2.24) is 0 Å². The third-order valence-electron chi connectivity index (χ3n) is 4.39. The smallest absolute Gasteiger partial charge is 0.0652 e.